The van der Waals surface area contributed by atoms with Crippen LogP contribution in [0, 0.1) is 0 Å². The molecule has 0 amide bonds. The van der Waals surface area contributed by atoms with E-state index >= 15 is 0 Å². The summed E-state index contributed by atoms with van der Waals surface area (Å²) in [5.74, 6) is 5.49. The summed E-state index contributed by atoms with van der Waals surface area (Å²) in [5, 5.41) is 0.577. The monoisotopic (exact) mass is 184 g/mol. The van der Waals surface area contributed by atoms with Crippen LogP contribution in [0.4, 0.5) is 5.82 Å². The lowest BCUT2D eigenvalue weighted by Crippen LogP contribution is -2.11. The number of nitrogens with zero attached hydrogens (tertiary/aromatic N) is 2. The van der Waals surface area contributed by atoms with Crippen molar-refractivity contribution in [1.82, 2.24) is 9.97 Å². The molecule has 0 aliphatic rings. The normalized spacial score (nSPS) is 9.50. The van der Waals surface area contributed by atoms with Crippen LogP contribution in [0.5, 0.6) is 0 Å². The van der Waals surface area contributed by atoms with Crippen molar-refractivity contribution in [3.8, 4) is 0 Å². The third-order valence-corrected chi connectivity index (χ3v) is 1.80. The van der Waals surface area contributed by atoms with Gasteiger partial charge in [0.2, 0.25) is 0 Å². The van der Waals surface area contributed by atoms with Crippen molar-refractivity contribution in [1.29, 1.82) is 0 Å². The number of rotatable bonds is 3. The van der Waals surface area contributed by atoms with Crippen LogP contribution < -0.4 is 11.3 Å². The number of hydrazine groups is 1. The van der Waals surface area contributed by atoms with Gasteiger partial charge in [-0.1, -0.05) is 11.8 Å². The van der Waals surface area contributed by atoms with Gasteiger partial charge in [-0.15, -0.1) is 0 Å². The van der Waals surface area contributed by atoms with Crippen molar-refractivity contribution in [2.24, 2.45) is 5.84 Å². The van der Waals surface area contributed by atoms with Gasteiger partial charge >= 0.3 is 0 Å². The Morgan fingerprint density at radius 1 is 1.75 bits per heavy atom. The number of nitrogen functional groups attached to an aromatic ring is 1. The van der Waals surface area contributed by atoms with Gasteiger partial charge < -0.3 is 5.43 Å². The third kappa shape index (κ3) is 1.72. The molecule has 1 aromatic heterocycles. The fourth-order valence-electron chi connectivity index (χ4n) is 0.675. The molecule has 6 heteroatoms. The first kappa shape index (κ1) is 8.95. The second-order valence-corrected chi connectivity index (χ2v) is 2.70. The first-order valence-electron chi connectivity index (χ1n) is 3.14. The molecular formula is C6H8N4OS. The Balaban J connectivity index is 3.10. The molecule has 0 fully saturated rings. The van der Waals surface area contributed by atoms with Crippen molar-refractivity contribution in [2.75, 3.05) is 11.7 Å². The Bertz CT molecular complexity index is 291. The zero-order valence-corrected chi connectivity index (χ0v) is 7.26. The quantitative estimate of drug-likeness (QED) is 0.231. The molecular weight excluding hydrogens is 176 g/mol. The van der Waals surface area contributed by atoms with Gasteiger partial charge in [0, 0.05) is 6.20 Å². The Morgan fingerprint density at radius 2 is 2.50 bits per heavy atom. The van der Waals surface area contributed by atoms with E-state index in [1.165, 1.54) is 18.0 Å². The van der Waals surface area contributed by atoms with Crippen LogP contribution in [-0.2, 0) is 0 Å². The van der Waals surface area contributed by atoms with Crippen LogP contribution in [0.1, 0.15) is 10.4 Å². The predicted octanol–water partition coefficient (Wildman–Crippen LogP) is 0.297. The second-order valence-electron chi connectivity index (χ2n) is 1.92. The number of nitrogens with one attached hydrogen (secondary N) is 1. The Hall–Kier alpha value is -1.14. The molecule has 0 unspecified atom stereocenters. The molecule has 0 atom stereocenters. The fraction of sp³-hybridized carbons (Fsp3) is 0.167. The van der Waals surface area contributed by atoms with Crippen LogP contribution in [0.15, 0.2) is 11.4 Å². The molecule has 1 rings (SSSR count). The molecule has 0 saturated heterocycles. The molecule has 0 saturated carbocycles. The number of carbonyl (C=O) groups excluding carboxylic acids is 1. The lowest BCUT2D eigenvalue weighted by Gasteiger charge is -2.02. The predicted molar refractivity (Wildman–Crippen MR) is 47.0 cm³/mol. The molecule has 0 bridgehead atoms. The second kappa shape index (κ2) is 4.03. The molecule has 0 aliphatic carbocycles. The summed E-state index contributed by atoms with van der Waals surface area (Å²) < 4.78 is 0. The van der Waals surface area contributed by atoms with E-state index in [4.69, 9.17) is 5.84 Å². The van der Waals surface area contributed by atoms with Gasteiger partial charge in [0.25, 0.3) is 0 Å². The number of anilines is 1. The zero-order chi connectivity index (χ0) is 8.97. The first-order chi connectivity index (χ1) is 5.81. The van der Waals surface area contributed by atoms with Crippen molar-refractivity contribution in [3.05, 3.63) is 11.8 Å². The van der Waals surface area contributed by atoms with Gasteiger partial charge in [0.05, 0.1) is 5.56 Å². The highest BCUT2D eigenvalue weighted by molar-refractivity contribution is 7.98. The maximum absolute atomic E-state index is 10.4. The van der Waals surface area contributed by atoms with Crippen LogP contribution in [0.2, 0.25) is 0 Å². The van der Waals surface area contributed by atoms with E-state index in [9.17, 15) is 4.79 Å². The average Bonchev–Trinajstić information content (AvgIpc) is 2.16. The number of hydrogen-bond acceptors (Lipinski definition) is 6. The molecule has 0 spiro atoms. The van der Waals surface area contributed by atoms with Crippen LogP contribution in [0.25, 0.3) is 0 Å². The summed E-state index contributed by atoms with van der Waals surface area (Å²) in [5.41, 5.74) is 2.68. The molecule has 3 N–H and O–H groups in total. The van der Waals surface area contributed by atoms with E-state index in [0.29, 0.717) is 22.8 Å². The summed E-state index contributed by atoms with van der Waals surface area (Å²) in [6, 6.07) is 0. The highest BCUT2D eigenvalue weighted by atomic mass is 32.2. The number of thioether (sulfide) groups is 1. The van der Waals surface area contributed by atoms with E-state index in [1.807, 2.05) is 6.26 Å². The average molecular weight is 184 g/mol. The summed E-state index contributed by atoms with van der Waals surface area (Å²) >= 11 is 1.38. The maximum Gasteiger partial charge on any atom is 0.189 e. The van der Waals surface area contributed by atoms with Crippen molar-refractivity contribution in [2.45, 2.75) is 5.16 Å². The van der Waals surface area contributed by atoms with E-state index < -0.39 is 0 Å². The maximum atomic E-state index is 10.4. The number of nitrogens with two attached hydrogens (primary N) is 1. The Labute approximate surface area is 73.7 Å². The van der Waals surface area contributed by atoms with E-state index in [2.05, 4.69) is 15.4 Å². The Kier molecular flexibility index (Phi) is 3.01. The Morgan fingerprint density at radius 3 is 3.00 bits per heavy atom. The van der Waals surface area contributed by atoms with Crippen molar-refractivity contribution in [3.63, 3.8) is 0 Å². The van der Waals surface area contributed by atoms with Gasteiger partial charge in [0.15, 0.2) is 17.3 Å². The molecule has 64 valence electrons. The van der Waals surface area contributed by atoms with E-state index in [-0.39, 0.29) is 0 Å². The summed E-state index contributed by atoms with van der Waals surface area (Å²) in [6.07, 6.45) is 3.93. The molecule has 5 nitrogen and oxygen atoms in total. The highest BCUT2D eigenvalue weighted by Gasteiger charge is 2.03. The number of carbonyl (C=O) groups is 1. The minimum Gasteiger partial charge on any atom is -0.308 e. The first-order valence-corrected chi connectivity index (χ1v) is 4.37. The standard InChI is InChI=1S/C6H8N4OS/c1-12-6-8-2-4(3-11)5(9-6)10-7/h2-3H,7H2,1H3,(H,8,9,10). The minimum atomic E-state index is 0.351. The van der Waals surface area contributed by atoms with Gasteiger partial charge in [-0.3, -0.25) is 4.79 Å². The fourth-order valence-corrected chi connectivity index (χ4v) is 1.02. The van der Waals surface area contributed by atoms with Gasteiger partial charge in [-0.05, 0) is 6.26 Å². The number of hydrogen-bond donors (Lipinski definition) is 2. The molecule has 12 heavy (non-hydrogen) atoms. The molecule has 1 aromatic rings. The largest absolute Gasteiger partial charge is 0.308 e. The topological polar surface area (TPSA) is 80.9 Å². The van der Waals surface area contributed by atoms with E-state index in [1.54, 1.807) is 0 Å². The number of aldehydes is 1. The molecule has 0 aliphatic heterocycles. The van der Waals surface area contributed by atoms with E-state index in [0.717, 1.165) is 0 Å². The summed E-state index contributed by atoms with van der Waals surface area (Å²) in [4.78, 5) is 18.3. The summed E-state index contributed by atoms with van der Waals surface area (Å²) in [7, 11) is 0. The highest BCUT2D eigenvalue weighted by Crippen LogP contribution is 2.13. The van der Waals surface area contributed by atoms with Gasteiger partial charge in [0.1, 0.15) is 0 Å². The van der Waals surface area contributed by atoms with Crippen molar-refractivity contribution < 1.29 is 4.79 Å². The lowest BCUT2D eigenvalue weighted by molar-refractivity contribution is 0.112. The smallest absolute Gasteiger partial charge is 0.189 e. The SMILES string of the molecule is CSc1ncc(C=O)c(NN)n1. The lowest BCUT2D eigenvalue weighted by atomic mass is 10.3. The van der Waals surface area contributed by atoms with Crippen molar-refractivity contribution >= 4 is 23.9 Å². The van der Waals surface area contributed by atoms with Gasteiger partial charge in [-0.25, -0.2) is 15.8 Å². The molecule has 1 heterocycles. The third-order valence-electron chi connectivity index (χ3n) is 1.24. The molecule has 0 radical (unpaired) electrons. The molecule has 0 aromatic carbocycles. The van der Waals surface area contributed by atoms with Crippen LogP contribution >= 0.6 is 11.8 Å². The minimum absolute atomic E-state index is 0.351. The summed E-state index contributed by atoms with van der Waals surface area (Å²) in [6.45, 7) is 0. The van der Waals surface area contributed by atoms with Gasteiger partial charge in [-0.2, -0.15) is 0 Å². The van der Waals surface area contributed by atoms with Crippen LogP contribution in [-0.4, -0.2) is 22.5 Å². The van der Waals surface area contributed by atoms with Crippen LogP contribution in [0.3, 0.4) is 0 Å². The number of aromatic nitrogens is 2. The zero-order valence-electron chi connectivity index (χ0n) is 6.44.